The third-order valence-corrected chi connectivity index (χ3v) is 14.1. The Morgan fingerprint density at radius 1 is 0.487 bits per heavy atom. The summed E-state index contributed by atoms with van der Waals surface area (Å²) in [7, 11) is 0. The number of unbranched alkanes of at least 4 members (excludes halogenated alkanes) is 21. The van der Waals surface area contributed by atoms with E-state index in [4.69, 9.17) is 18.9 Å². The number of nitrogens with one attached hydrogen (secondary N) is 1. The van der Waals surface area contributed by atoms with Crippen molar-refractivity contribution in [3.63, 3.8) is 0 Å². The fourth-order valence-corrected chi connectivity index (χ4v) is 9.27. The summed E-state index contributed by atoms with van der Waals surface area (Å²) in [5.41, 5.74) is 0. The second kappa shape index (κ2) is 47.0. The van der Waals surface area contributed by atoms with Crippen LogP contribution in [-0.4, -0.2) is 140 Å². The van der Waals surface area contributed by atoms with Gasteiger partial charge < -0.3 is 65.1 Å². The Morgan fingerprint density at radius 2 is 0.921 bits per heavy atom. The maximum atomic E-state index is 13.2. The van der Waals surface area contributed by atoms with Crippen molar-refractivity contribution in [2.45, 2.75) is 280 Å². The predicted octanol–water partition coefficient (Wildman–Crippen LogP) is 10.1. The van der Waals surface area contributed by atoms with Crippen LogP contribution in [0.15, 0.2) is 85.1 Å². The van der Waals surface area contributed by atoms with E-state index in [1.54, 1.807) is 6.08 Å². The zero-order valence-corrected chi connectivity index (χ0v) is 47.0. The molecule has 1 amide bonds. The molecule has 0 aromatic rings. The number of ether oxygens (including phenoxy) is 4. The van der Waals surface area contributed by atoms with Gasteiger partial charge in [-0.2, -0.15) is 0 Å². The van der Waals surface area contributed by atoms with Crippen LogP contribution >= 0.6 is 0 Å². The first kappa shape index (κ1) is 69.3. The Balaban J connectivity index is 1.70. The zero-order valence-electron chi connectivity index (χ0n) is 47.0. The summed E-state index contributed by atoms with van der Waals surface area (Å²) in [6.45, 7) is 2.64. The number of allylic oxidation sites excluding steroid dienone is 13. The topological polar surface area (TPSA) is 228 Å². The molecule has 12 unspecified atom stereocenters. The number of carbonyl (C=O) groups is 1. The lowest BCUT2D eigenvalue weighted by Crippen LogP contribution is -2.65. The second-order valence-corrected chi connectivity index (χ2v) is 20.7. The van der Waals surface area contributed by atoms with E-state index in [-0.39, 0.29) is 18.9 Å². The van der Waals surface area contributed by atoms with Gasteiger partial charge in [0.05, 0.1) is 32.0 Å². The molecule has 2 aliphatic rings. The van der Waals surface area contributed by atoms with Crippen molar-refractivity contribution in [2.24, 2.45) is 0 Å². The van der Waals surface area contributed by atoms with E-state index >= 15 is 0 Å². The zero-order chi connectivity index (χ0) is 55.3. The van der Waals surface area contributed by atoms with Gasteiger partial charge in [-0.3, -0.25) is 4.79 Å². The lowest BCUT2D eigenvalue weighted by atomic mass is 9.97. The molecule has 0 saturated carbocycles. The van der Waals surface area contributed by atoms with E-state index in [2.05, 4.69) is 92.1 Å². The van der Waals surface area contributed by atoms with E-state index in [1.807, 2.05) is 6.08 Å². The van der Waals surface area contributed by atoms with Crippen molar-refractivity contribution in [3.8, 4) is 0 Å². The van der Waals surface area contributed by atoms with Crippen molar-refractivity contribution in [2.75, 3.05) is 19.8 Å². The molecule has 0 bridgehead atoms. The molecule has 14 heteroatoms. The van der Waals surface area contributed by atoms with Gasteiger partial charge in [-0.05, 0) is 77.0 Å². The van der Waals surface area contributed by atoms with E-state index in [0.717, 1.165) is 70.6 Å². The maximum absolute atomic E-state index is 13.2. The highest BCUT2D eigenvalue weighted by Crippen LogP contribution is 2.30. The van der Waals surface area contributed by atoms with Gasteiger partial charge in [0.25, 0.3) is 0 Å². The fraction of sp³-hybridized carbons (Fsp3) is 0.758. The molecule has 2 heterocycles. The molecule has 2 fully saturated rings. The minimum absolute atomic E-state index is 0.255. The van der Waals surface area contributed by atoms with Gasteiger partial charge >= 0.3 is 0 Å². The van der Waals surface area contributed by atoms with Crippen LogP contribution in [0.4, 0.5) is 0 Å². The van der Waals surface area contributed by atoms with Gasteiger partial charge in [-0.25, -0.2) is 0 Å². The number of amides is 1. The number of aliphatic hydroxyl groups is 8. The van der Waals surface area contributed by atoms with Crippen molar-refractivity contribution in [1.82, 2.24) is 5.32 Å². The molecule has 2 saturated heterocycles. The SMILES string of the molecule is CC/C=C\C/C=C\C/C=C\C/C=C\C/C=C\CCCCCCCCCCCCCCCC(=O)NC(COC1OC(CO)C(OC2OC(CO)C(O)C(O)C2O)C(O)C1O)C(O)/C=C/CC/C=C/CCCCCCCCC. The Morgan fingerprint density at radius 3 is 1.45 bits per heavy atom. The molecule has 12 atom stereocenters. The van der Waals surface area contributed by atoms with E-state index < -0.39 is 86.8 Å². The van der Waals surface area contributed by atoms with Crippen LogP contribution in [0.1, 0.15) is 206 Å². The van der Waals surface area contributed by atoms with E-state index in [0.29, 0.717) is 12.8 Å². The van der Waals surface area contributed by atoms with Crippen LogP contribution in [0.3, 0.4) is 0 Å². The smallest absolute Gasteiger partial charge is 0.220 e. The first-order valence-electron chi connectivity index (χ1n) is 29.8. The number of rotatable bonds is 46. The van der Waals surface area contributed by atoms with E-state index in [9.17, 15) is 45.6 Å². The Kier molecular flexibility index (Phi) is 42.9. The van der Waals surface area contributed by atoms with Gasteiger partial charge in [0.1, 0.15) is 48.8 Å². The molecule has 0 aromatic heterocycles. The quantitative estimate of drug-likeness (QED) is 0.0205. The standard InChI is InChI=1S/C62H107NO13/c1-3-5-7-9-11-13-15-17-18-19-20-21-22-23-24-25-26-27-28-29-30-31-32-34-36-38-40-42-44-46-54(67)63-50(51(66)45-43-41-39-37-35-33-16-14-12-10-8-6-4-2)49-73-61-59(72)57(70)60(53(48-65)75-61)76-62-58(71)56(69)55(68)52(47-64)74-62/h5,7,11,13,17-18,20-21,23-24,35,37,43,45,50-53,55-62,64-66,68-72H,3-4,6,8-10,12,14-16,19,22,25-34,36,38-42,44,46-49H2,1-2H3,(H,63,67)/b7-5-,13-11-,18-17-,21-20-,24-23-,37-35+,45-43+. The van der Waals surface area contributed by atoms with Crippen LogP contribution in [-0.2, 0) is 23.7 Å². The second-order valence-electron chi connectivity index (χ2n) is 20.7. The average Bonchev–Trinajstić information content (AvgIpc) is 3.42. The highest BCUT2D eigenvalue weighted by molar-refractivity contribution is 5.76. The highest BCUT2D eigenvalue weighted by atomic mass is 16.7. The first-order valence-corrected chi connectivity index (χ1v) is 29.8. The largest absolute Gasteiger partial charge is 0.394 e. The summed E-state index contributed by atoms with van der Waals surface area (Å²) in [5.74, 6) is -0.255. The lowest BCUT2D eigenvalue weighted by molar-refractivity contribution is -0.359. The summed E-state index contributed by atoms with van der Waals surface area (Å²) in [6.07, 6.45) is 46.3. The molecular weight excluding hydrogens is 967 g/mol. The van der Waals surface area contributed by atoms with Gasteiger partial charge in [0, 0.05) is 6.42 Å². The fourth-order valence-electron chi connectivity index (χ4n) is 9.27. The van der Waals surface area contributed by atoms with Gasteiger partial charge in [-0.15, -0.1) is 0 Å². The van der Waals surface area contributed by atoms with Crippen molar-refractivity contribution < 1.29 is 64.6 Å². The van der Waals surface area contributed by atoms with Crippen LogP contribution in [0, 0.1) is 0 Å². The number of hydrogen-bond acceptors (Lipinski definition) is 13. The molecule has 76 heavy (non-hydrogen) atoms. The predicted molar refractivity (Wildman–Crippen MR) is 304 cm³/mol. The molecule has 2 rings (SSSR count). The highest BCUT2D eigenvalue weighted by Gasteiger charge is 2.51. The molecule has 438 valence electrons. The molecule has 9 N–H and O–H groups in total. The molecule has 2 aliphatic heterocycles. The van der Waals surface area contributed by atoms with E-state index in [1.165, 1.54) is 103 Å². The molecule has 0 aromatic carbocycles. The lowest BCUT2D eigenvalue weighted by Gasteiger charge is -2.46. The molecule has 14 nitrogen and oxygen atoms in total. The summed E-state index contributed by atoms with van der Waals surface area (Å²) >= 11 is 0. The molecule has 0 spiro atoms. The first-order chi connectivity index (χ1) is 37.1. The Bertz CT molecular complexity index is 1600. The van der Waals surface area contributed by atoms with Crippen molar-refractivity contribution >= 4 is 5.91 Å². The third-order valence-electron chi connectivity index (χ3n) is 14.1. The van der Waals surface area contributed by atoms with Crippen molar-refractivity contribution in [3.05, 3.63) is 85.1 Å². The van der Waals surface area contributed by atoms with Crippen molar-refractivity contribution in [1.29, 1.82) is 0 Å². The normalized spacial score (nSPS) is 25.5. The molecule has 0 aliphatic carbocycles. The van der Waals surface area contributed by atoms with Crippen LogP contribution < -0.4 is 5.32 Å². The minimum atomic E-state index is -1.79. The number of aliphatic hydroxyl groups excluding tert-OH is 8. The summed E-state index contributed by atoms with van der Waals surface area (Å²) in [5, 5.41) is 87.0. The monoisotopic (exact) mass is 1070 g/mol. The summed E-state index contributed by atoms with van der Waals surface area (Å²) < 4.78 is 22.7. The summed E-state index contributed by atoms with van der Waals surface area (Å²) in [6, 6.07) is -0.935. The molecule has 0 radical (unpaired) electrons. The molecular formula is C62H107NO13. The van der Waals surface area contributed by atoms with Gasteiger partial charge in [0.2, 0.25) is 5.91 Å². The number of hydrogen-bond donors (Lipinski definition) is 9. The Hall–Kier alpha value is -2.83. The number of carbonyl (C=O) groups excluding carboxylic acids is 1. The Labute approximate surface area is 459 Å². The van der Waals surface area contributed by atoms with Gasteiger partial charge in [0.15, 0.2) is 12.6 Å². The maximum Gasteiger partial charge on any atom is 0.220 e. The summed E-state index contributed by atoms with van der Waals surface area (Å²) in [4.78, 5) is 13.2. The van der Waals surface area contributed by atoms with Crippen LogP contribution in [0.25, 0.3) is 0 Å². The van der Waals surface area contributed by atoms with Gasteiger partial charge in [-0.1, -0.05) is 208 Å². The van der Waals surface area contributed by atoms with Crippen LogP contribution in [0.5, 0.6) is 0 Å². The van der Waals surface area contributed by atoms with Crippen LogP contribution in [0.2, 0.25) is 0 Å². The average molecular weight is 1070 g/mol. The minimum Gasteiger partial charge on any atom is -0.394 e. The third kappa shape index (κ3) is 32.3.